The van der Waals surface area contributed by atoms with Gasteiger partial charge in [-0.25, -0.2) is 0 Å². The van der Waals surface area contributed by atoms with Crippen molar-refractivity contribution < 1.29 is 9.47 Å². The minimum Gasteiger partial charge on any atom is -0.381 e. The first-order chi connectivity index (χ1) is 11.7. The van der Waals surface area contributed by atoms with Crippen LogP contribution in [0.1, 0.15) is 35.9 Å². The molecule has 2 rings (SSSR count). The highest BCUT2D eigenvalue weighted by Gasteiger charge is 2.13. The maximum Gasteiger partial charge on any atom is 0.191 e. The Morgan fingerprint density at radius 2 is 2.16 bits per heavy atom. The molecule has 2 N–H and O–H groups in total. The van der Waals surface area contributed by atoms with Crippen molar-refractivity contribution in [1.82, 2.24) is 10.6 Å². The van der Waals surface area contributed by atoms with Crippen LogP contribution in [0.15, 0.2) is 17.1 Å². The van der Waals surface area contributed by atoms with Crippen molar-refractivity contribution in [2.75, 3.05) is 33.4 Å². The van der Waals surface area contributed by atoms with Crippen LogP contribution >= 0.6 is 35.3 Å². The van der Waals surface area contributed by atoms with Gasteiger partial charge in [-0.3, -0.25) is 4.99 Å². The number of halogens is 1. The number of aliphatic imine (C=N–C) groups is 1. The Kier molecular flexibility index (Phi) is 11.7. The smallest absolute Gasteiger partial charge is 0.191 e. The minimum absolute atomic E-state index is 0. The largest absolute Gasteiger partial charge is 0.381 e. The molecular weight excluding hydrogens is 449 g/mol. The monoisotopic (exact) mass is 481 g/mol. The molecule has 0 aromatic carbocycles. The molecule has 144 valence electrons. The second-order valence-corrected chi connectivity index (χ2v) is 7.67. The number of nitrogens with zero attached hydrogens (tertiary/aromatic N) is 1. The topological polar surface area (TPSA) is 54.9 Å². The molecule has 0 aliphatic carbocycles. The van der Waals surface area contributed by atoms with Crippen LogP contribution in [0.3, 0.4) is 0 Å². The van der Waals surface area contributed by atoms with Gasteiger partial charge >= 0.3 is 0 Å². The normalized spacial score (nSPS) is 17.0. The SMILES string of the molecule is CN=C(NCCCOC1CCOCC1)NC(C)Cc1ccc(C)s1.I. The van der Waals surface area contributed by atoms with Gasteiger partial charge in [0.05, 0.1) is 6.10 Å². The highest BCUT2D eigenvalue weighted by atomic mass is 127. The first-order valence-electron chi connectivity index (χ1n) is 8.89. The molecule has 0 amide bonds. The van der Waals surface area contributed by atoms with Crippen LogP contribution in [-0.2, 0) is 15.9 Å². The first kappa shape index (κ1) is 22.7. The molecule has 5 nitrogen and oxygen atoms in total. The Bertz CT molecular complexity index is 504. The van der Waals surface area contributed by atoms with Crippen LogP contribution in [0.25, 0.3) is 0 Å². The molecule has 1 fully saturated rings. The Morgan fingerprint density at radius 3 is 2.80 bits per heavy atom. The van der Waals surface area contributed by atoms with Gasteiger partial charge < -0.3 is 20.1 Å². The zero-order valence-corrected chi connectivity index (χ0v) is 18.7. The van der Waals surface area contributed by atoms with Gasteiger partial charge in [0.2, 0.25) is 0 Å². The molecule has 0 spiro atoms. The molecule has 1 unspecified atom stereocenters. The van der Waals surface area contributed by atoms with Crippen molar-refractivity contribution in [2.45, 2.75) is 51.7 Å². The van der Waals surface area contributed by atoms with E-state index in [9.17, 15) is 0 Å². The number of guanidine groups is 1. The van der Waals surface area contributed by atoms with Gasteiger partial charge in [-0.05, 0) is 45.2 Å². The van der Waals surface area contributed by atoms with E-state index in [0.717, 1.165) is 58.0 Å². The fourth-order valence-corrected chi connectivity index (χ4v) is 3.77. The van der Waals surface area contributed by atoms with Gasteiger partial charge in [0, 0.05) is 55.6 Å². The molecule has 1 aromatic rings. The molecule has 2 heterocycles. The van der Waals surface area contributed by atoms with Gasteiger partial charge in [0.25, 0.3) is 0 Å². The van der Waals surface area contributed by atoms with Gasteiger partial charge in [0.1, 0.15) is 0 Å². The average molecular weight is 481 g/mol. The Morgan fingerprint density at radius 1 is 1.40 bits per heavy atom. The zero-order chi connectivity index (χ0) is 17.2. The fraction of sp³-hybridized carbons (Fsp3) is 0.722. The molecule has 1 aromatic heterocycles. The predicted octanol–water partition coefficient (Wildman–Crippen LogP) is 3.36. The van der Waals surface area contributed by atoms with E-state index < -0.39 is 0 Å². The summed E-state index contributed by atoms with van der Waals surface area (Å²) >= 11 is 1.86. The van der Waals surface area contributed by atoms with Gasteiger partial charge in [-0.2, -0.15) is 0 Å². The molecular formula is C18H32IN3O2S. The molecule has 7 heteroatoms. The van der Waals surface area contributed by atoms with E-state index in [-0.39, 0.29) is 24.0 Å². The second kappa shape index (κ2) is 12.9. The molecule has 1 aliphatic heterocycles. The summed E-state index contributed by atoms with van der Waals surface area (Å²) in [4.78, 5) is 7.08. The maximum absolute atomic E-state index is 5.88. The molecule has 1 saturated heterocycles. The van der Waals surface area contributed by atoms with E-state index in [1.165, 1.54) is 9.75 Å². The van der Waals surface area contributed by atoms with Crippen LogP contribution in [-0.4, -0.2) is 51.5 Å². The number of hydrogen-bond donors (Lipinski definition) is 2. The van der Waals surface area contributed by atoms with Gasteiger partial charge in [-0.1, -0.05) is 0 Å². The lowest BCUT2D eigenvalue weighted by Gasteiger charge is -2.22. The van der Waals surface area contributed by atoms with Crippen LogP contribution in [0.4, 0.5) is 0 Å². The number of ether oxygens (including phenoxy) is 2. The van der Waals surface area contributed by atoms with Crippen LogP contribution < -0.4 is 10.6 Å². The summed E-state index contributed by atoms with van der Waals surface area (Å²) in [6.07, 6.45) is 4.43. The summed E-state index contributed by atoms with van der Waals surface area (Å²) in [5.74, 6) is 0.863. The number of rotatable bonds is 8. The number of aryl methyl sites for hydroxylation is 1. The third-order valence-corrected chi connectivity index (χ3v) is 5.07. The summed E-state index contributed by atoms with van der Waals surface area (Å²) in [6, 6.07) is 4.74. The van der Waals surface area contributed by atoms with E-state index in [2.05, 4.69) is 41.6 Å². The molecule has 0 radical (unpaired) electrons. The summed E-state index contributed by atoms with van der Waals surface area (Å²) in [5.41, 5.74) is 0. The van der Waals surface area contributed by atoms with Crippen molar-refractivity contribution in [2.24, 2.45) is 4.99 Å². The minimum atomic E-state index is 0. The summed E-state index contributed by atoms with van der Waals surface area (Å²) in [5, 5.41) is 6.82. The molecule has 0 bridgehead atoms. The number of nitrogens with one attached hydrogen (secondary N) is 2. The van der Waals surface area contributed by atoms with Crippen molar-refractivity contribution in [1.29, 1.82) is 0 Å². The van der Waals surface area contributed by atoms with E-state index in [4.69, 9.17) is 9.47 Å². The Hall–Kier alpha value is -0.380. The predicted molar refractivity (Wildman–Crippen MR) is 117 cm³/mol. The maximum atomic E-state index is 5.88. The lowest BCUT2D eigenvalue weighted by atomic mass is 10.1. The lowest BCUT2D eigenvalue weighted by molar-refractivity contribution is -0.0320. The third kappa shape index (κ3) is 9.21. The van der Waals surface area contributed by atoms with E-state index in [1.54, 1.807) is 0 Å². The standard InChI is InChI=1S/C18H31N3O2S.HI/c1-14(13-17-6-5-15(2)24-17)21-18(19-3)20-9-4-10-23-16-7-11-22-12-8-16;/h5-6,14,16H,4,7-13H2,1-3H3,(H2,19,20,21);1H. The molecule has 1 atom stereocenters. The van der Waals surface area contributed by atoms with Crippen molar-refractivity contribution in [3.05, 3.63) is 21.9 Å². The van der Waals surface area contributed by atoms with Gasteiger partial charge in [0.15, 0.2) is 5.96 Å². The first-order valence-corrected chi connectivity index (χ1v) is 9.71. The molecule has 25 heavy (non-hydrogen) atoms. The highest BCUT2D eigenvalue weighted by molar-refractivity contribution is 14.0. The number of thiophene rings is 1. The van der Waals surface area contributed by atoms with E-state index >= 15 is 0 Å². The van der Waals surface area contributed by atoms with Crippen LogP contribution in [0.2, 0.25) is 0 Å². The van der Waals surface area contributed by atoms with Crippen LogP contribution in [0, 0.1) is 6.92 Å². The Labute approximate surface area is 173 Å². The third-order valence-electron chi connectivity index (χ3n) is 4.05. The second-order valence-electron chi connectivity index (χ2n) is 6.30. The molecule has 0 saturated carbocycles. The summed E-state index contributed by atoms with van der Waals surface area (Å²) in [6.45, 7) is 7.67. The zero-order valence-electron chi connectivity index (χ0n) is 15.5. The Balaban J connectivity index is 0.00000312. The van der Waals surface area contributed by atoms with Gasteiger partial charge in [-0.15, -0.1) is 35.3 Å². The molecule has 1 aliphatic rings. The van der Waals surface area contributed by atoms with E-state index in [1.807, 2.05) is 18.4 Å². The van der Waals surface area contributed by atoms with Crippen molar-refractivity contribution >= 4 is 41.3 Å². The quantitative estimate of drug-likeness (QED) is 0.259. The lowest BCUT2D eigenvalue weighted by Crippen LogP contribution is -2.43. The highest BCUT2D eigenvalue weighted by Crippen LogP contribution is 2.16. The average Bonchev–Trinajstić information content (AvgIpc) is 2.99. The number of hydrogen-bond acceptors (Lipinski definition) is 4. The summed E-state index contributed by atoms with van der Waals surface area (Å²) < 4.78 is 11.2. The van der Waals surface area contributed by atoms with Crippen molar-refractivity contribution in [3.63, 3.8) is 0 Å². The summed E-state index contributed by atoms with van der Waals surface area (Å²) in [7, 11) is 1.82. The van der Waals surface area contributed by atoms with E-state index in [0.29, 0.717) is 12.1 Å². The van der Waals surface area contributed by atoms with Crippen molar-refractivity contribution in [3.8, 4) is 0 Å². The fourth-order valence-electron chi connectivity index (χ4n) is 2.75. The van der Waals surface area contributed by atoms with Crippen LogP contribution in [0.5, 0.6) is 0 Å².